The molecule has 8 heteroatoms. The first kappa shape index (κ1) is 15.8. The number of halogens is 1. The van der Waals surface area contributed by atoms with Crippen molar-refractivity contribution in [1.82, 2.24) is 5.32 Å². The van der Waals surface area contributed by atoms with Gasteiger partial charge in [0.1, 0.15) is 11.6 Å². The monoisotopic (exact) mass is 298 g/mol. The van der Waals surface area contributed by atoms with Crippen LogP contribution in [-0.4, -0.2) is 33.5 Å². The second-order valence-electron chi connectivity index (χ2n) is 3.69. The fourth-order valence-corrected chi connectivity index (χ4v) is 2.30. The Balaban J connectivity index is 2.73. The predicted molar refractivity (Wildman–Crippen MR) is 67.9 cm³/mol. The number of carbonyl (C=O) groups excluding carboxylic acids is 1. The fraction of sp³-hybridized carbons (Fsp3) is 0.250. The van der Waals surface area contributed by atoms with Crippen LogP contribution in [-0.2, 0) is 15.6 Å². The van der Waals surface area contributed by atoms with Crippen molar-refractivity contribution in [3.63, 3.8) is 0 Å². The van der Waals surface area contributed by atoms with E-state index < -0.39 is 34.1 Å². The number of amides is 1. The van der Waals surface area contributed by atoms with Gasteiger partial charge < -0.3 is 10.4 Å². The molecule has 0 heterocycles. The van der Waals surface area contributed by atoms with Gasteiger partial charge in [-0.25, -0.2) is 9.18 Å². The van der Waals surface area contributed by atoms with Gasteiger partial charge in [-0.1, -0.05) is 0 Å². The Morgan fingerprint density at radius 3 is 2.75 bits per heavy atom. The van der Waals surface area contributed by atoms with E-state index in [0.29, 0.717) is 0 Å². The van der Waals surface area contributed by atoms with Crippen molar-refractivity contribution >= 4 is 22.7 Å². The molecule has 1 unspecified atom stereocenters. The van der Waals surface area contributed by atoms with Gasteiger partial charge in [-0.3, -0.25) is 9.00 Å². The lowest BCUT2D eigenvalue weighted by Gasteiger charge is -2.05. The second kappa shape index (κ2) is 7.35. The van der Waals surface area contributed by atoms with Gasteiger partial charge in [0.2, 0.25) is 5.91 Å². The summed E-state index contributed by atoms with van der Waals surface area (Å²) in [5, 5.41) is 19.4. The molecule has 1 aromatic carbocycles. The number of nitrogens with one attached hydrogen (secondary N) is 1. The minimum absolute atomic E-state index is 0.0548. The molecule has 106 valence electrons. The van der Waals surface area contributed by atoms with Gasteiger partial charge in [0.25, 0.3) is 0 Å². The van der Waals surface area contributed by atoms with Crippen LogP contribution in [0.3, 0.4) is 0 Å². The first-order valence-corrected chi connectivity index (χ1v) is 6.82. The molecule has 0 saturated heterocycles. The third-order valence-electron chi connectivity index (χ3n) is 2.25. The van der Waals surface area contributed by atoms with E-state index in [4.69, 9.17) is 10.4 Å². The molecule has 0 bridgehead atoms. The molecule has 0 aliphatic rings. The first-order valence-electron chi connectivity index (χ1n) is 5.50. The molecule has 0 radical (unpaired) electrons. The van der Waals surface area contributed by atoms with Gasteiger partial charge in [-0.05, 0) is 18.2 Å². The maximum Gasteiger partial charge on any atom is 0.338 e. The molecule has 0 aromatic heterocycles. The van der Waals surface area contributed by atoms with Crippen LogP contribution in [0.5, 0.6) is 0 Å². The largest absolute Gasteiger partial charge is 0.478 e. The number of benzene rings is 1. The number of hydrogen-bond donors (Lipinski definition) is 2. The SMILES string of the molecule is N#CCCNC(=O)CS(=O)c1ccc(F)c(C(=O)O)c1. The zero-order valence-corrected chi connectivity index (χ0v) is 11.1. The molecule has 1 amide bonds. The highest BCUT2D eigenvalue weighted by molar-refractivity contribution is 7.85. The molecular formula is C12H11FN2O4S. The van der Waals surface area contributed by atoms with Crippen LogP contribution in [0.1, 0.15) is 16.8 Å². The Morgan fingerprint density at radius 2 is 2.15 bits per heavy atom. The van der Waals surface area contributed by atoms with Crippen LogP contribution in [0.15, 0.2) is 23.1 Å². The van der Waals surface area contributed by atoms with E-state index in [1.165, 1.54) is 6.07 Å². The number of rotatable bonds is 6. The Morgan fingerprint density at radius 1 is 1.45 bits per heavy atom. The molecule has 1 atom stereocenters. The van der Waals surface area contributed by atoms with E-state index in [9.17, 15) is 18.2 Å². The van der Waals surface area contributed by atoms with E-state index in [-0.39, 0.29) is 23.6 Å². The minimum Gasteiger partial charge on any atom is -0.478 e. The lowest BCUT2D eigenvalue weighted by atomic mass is 10.2. The predicted octanol–water partition coefficient (Wildman–Crippen LogP) is 0.661. The summed E-state index contributed by atoms with van der Waals surface area (Å²) in [4.78, 5) is 22.2. The molecule has 0 saturated carbocycles. The third kappa shape index (κ3) is 4.44. The smallest absolute Gasteiger partial charge is 0.338 e. The van der Waals surface area contributed by atoms with E-state index in [0.717, 1.165) is 12.1 Å². The van der Waals surface area contributed by atoms with Crippen molar-refractivity contribution in [2.75, 3.05) is 12.3 Å². The van der Waals surface area contributed by atoms with Gasteiger partial charge in [-0.2, -0.15) is 5.26 Å². The molecule has 0 fully saturated rings. The van der Waals surface area contributed by atoms with Crippen LogP contribution in [0, 0.1) is 17.1 Å². The van der Waals surface area contributed by atoms with E-state index in [2.05, 4.69) is 5.32 Å². The van der Waals surface area contributed by atoms with E-state index >= 15 is 0 Å². The highest BCUT2D eigenvalue weighted by atomic mass is 32.2. The van der Waals surface area contributed by atoms with Crippen molar-refractivity contribution in [2.24, 2.45) is 0 Å². The Kier molecular flexibility index (Phi) is 5.80. The molecular weight excluding hydrogens is 287 g/mol. The third-order valence-corrected chi connectivity index (χ3v) is 3.56. The average molecular weight is 298 g/mol. The summed E-state index contributed by atoms with van der Waals surface area (Å²) in [7, 11) is -1.78. The first-order chi connectivity index (χ1) is 9.45. The van der Waals surface area contributed by atoms with E-state index in [1.807, 2.05) is 6.07 Å². The zero-order valence-electron chi connectivity index (χ0n) is 10.3. The molecule has 0 aliphatic heterocycles. The summed E-state index contributed by atoms with van der Waals surface area (Å²) in [6, 6.07) is 4.84. The van der Waals surface area contributed by atoms with Crippen molar-refractivity contribution in [3.8, 4) is 6.07 Å². The van der Waals surface area contributed by atoms with E-state index in [1.54, 1.807) is 0 Å². The highest BCUT2D eigenvalue weighted by Gasteiger charge is 2.15. The molecule has 0 spiro atoms. The summed E-state index contributed by atoms with van der Waals surface area (Å²) in [5.74, 6) is -3.31. The zero-order chi connectivity index (χ0) is 15.1. The van der Waals surface area contributed by atoms with Crippen LogP contribution in [0.4, 0.5) is 4.39 Å². The molecule has 1 aromatic rings. The molecule has 1 rings (SSSR count). The van der Waals surface area contributed by atoms with Crippen LogP contribution in [0.2, 0.25) is 0 Å². The minimum atomic E-state index is -1.78. The Hall–Kier alpha value is -2.27. The number of nitrogens with zero attached hydrogens (tertiary/aromatic N) is 1. The summed E-state index contributed by atoms with van der Waals surface area (Å²) in [6.45, 7) is 0.149. The fourth-order valence-electron chi connectivity index (χ4n) is 1.32. The Bertz CT molecular complexity index is 598. The maximum absolute atomic E-state index is 13.2. The number of carbonyl (C=O) groups is 2. The van der Waals surface area contributed by atoms with Crippen molar-refractivity contribution in [2.45, 2.75) is 11.3 Å². The van der Waals surface area contributed by atoms with Gasteiger partial charge in [-0.15, -0.1) is 0 Å². The van der Waals surface area contributed by atoms with Crippen molar-refractivity contribution < 1.29 is 23.3 Å². The van der Waals surface area contributed by atoms with Crippen LogP contribution in [0.25, 0.3) is 0 Å². The van der Waals surface area contributed by atoms with Crippen LogP contribution < -0.4 is 5.32 Å². The molecule has 6 nitrogen and oxygen atoms in total. The quantitative estimate of drug-likeness (QED) is 0.750. The van der Waals surface area contributed by atoms with Crippen molar-refractivity contribution in [3.05, 3.63) is 29.6 Å². The second-order valence-corrected chi connectivity index (χ2v) is 5.15. The molecule has 2 N–H and O–H groups in total. The van der Waals surface area contributed by atoms with Crippen LogP contribution >= 0.6 is 0 Å². The molecule has 0 aliphatic carbocycles. The van der Waals surface area contributed by atoms with Gasteiger partial charge >= 0.3 is 5.97 Å². The maximum atomic E-state index is 13.2. The normalized spacial score (nSPS) is 11.4. The number of nitriles is 1. The highest BCUT2D eigenvalue weighted by Crippen LogP contribution is 2.14. The number of hydrogen-bond acceptors (Lipinski definition) is 4. The van der Waals surface area contributed by atoms with Gasteiger partial charge in [0.15, 0.2) is 0 Å². The summed E-state index contributed by atoms with van der Waals surface area (Å²) >= 11 is 0. The van der Waals surface area contributed by atoms with Gasteiger partial charge in [0.05, 0.1) is 28.9 Å². The number of carboxylic acid groups (broad SMARTS) is 1. The van der Waals surface area contributed by atoms with Gasteiger partial charge in [0, 0.05) is 11.4 Å². The number of aromatic carboxylic acids is 1. The van der Waals surface area contributed by atoms with Crippen molar-refractivity contribution in [1.29, 1.82) is 5.26 Å². The lowest BCUT2D eigenvalue weighted by molar-refractivity contribution is -0.118. The number of carboxylic acids is 1. The standard InChI is InChI=1S/C12H11FN2O4S/c13-10-3-2-8(6-9(10)12(17)18)20(19)7-11(16)15-5-1-4-14/h2-3,6H,1,5,7H2,(H,15,16)(H,17,18). The lowest BCUT2D eigenvalue weighted by Crippen LogP contribution is -2.29. The summed E-state index contributed by atoms with van der Waals surface area (Å²) in [5.41, 5.74) is -0.597. The topological polar surface area (TPSA) is 107 Å². The summed E-state index contributed by atoms with van der Waals surface area (Å²) in [6.07, 6.45) is 0.137. The average Bonchev–Trinajstić information content (AvgIpc) is 2.39. The summed E-state index contributed by atoms with van der Waals surface area (Å²) < 4.78 is 25.0. The molecule has 20 heavy (non-hydrogen) atoms. The Labute approximate surface area is 116 Å².